The zero-order valence-corrected chi connectivity index (χ0v) is 21.1. The zero-order chi connectivity index (χ0) is 24.4. The second-order valence-corrected chi connectivity index (χ2v) is 10.3. The molecular formula is C30H39FN4. The second-order valence-electron chi connectivity index (χ2n) is 10.3. The average Bonchev–Trinajstić information content (AvgIpc) is 3.41. The molecule has 1 saturated heterocycles. The predicted molar refractivity (Wildman–Crippen MR) is 145 cm³/mol. The van der Waals surface area contributed by atoms with Gasteiger partial charge in [0, 0.05) is 48.0 Å². The smallest absolute Gasteiger partial charge is 0.134 e. The van der Waals surface area contributed by atoms with Gasteiger partial charge in [0.05, 0.1) is 12.1 Å². The Morgan fingerprint density at radius 1 is 1.11 bits per heavy atom. The Hall–Kier alpha value is -2.63. The maximum absolute atomic E-state index is 14.7. The highest BCUT2D eigenvalue weighted by molar-refractivity contribution is 5.85. The summed E-state index contributed by atoms with van der Waals surface area (Å²) in [6.07, 6.45) is 5.47. The van der Waals surface area contributed by atoms with Gasteiger partial charge >= 0.3 is 0 Å². The van der Waals surface area contributed by atoms with Crippen molar-refractivity contribution in [2.45, 2.75) is 63.8 Å². The van der Waals surface area contributed by atoms with Gasteiger partial charge in [-0.25, -0.2) is 4.39 Å². The third kappa shape index (κ3) is 4.89. The van der Waals surface area contributed by atoms with E-state index in [0.29, 0.717) is 12.6 Å². The van der Waals surface area contributed by atoms with Crippen LogP contribution < -0.4 is 5.32 Å². The second kappa shape index (κ2) is 10.5. The van der Waals surface area contributed by atoms with E-state index < -0.39 is 6.17 Å². The molecule has 4 atom stereocenters. The van der Waals surface area contributed by atoms with Gasteiger partial charge in [0.1, 0.15) is 6.17 Å². The summed E-state index contributed by atoms with van der Waals surface area (Å²) in [5.74, 6) is 0. The van der Waals surface area contributed by atoms with Gasteiger partial charge < -0.3 is 10.3 Å². The van der Waals surface area contributed by atoms with Crippen LogP contribution in [-0.2, 0) is 6.42 Å². The van der Waals surface area contributed by atoms with Crippen LogP contribution in [-0.4, -0.2) is 59.2 Å². The van der Waals surface area contributed by atoms with E-state index in [1.807, 2.05) is 6.08 Å². The summed E-state index contributed by atoms with van der Waals surface area (Å²) in [4.78, 5) is 8.60. The van der Waals surface area contributed by atoms with Crippen molar-refractivity contribution in [2.24, 2.45) is 0 Å². The molecular weight excluding hydrogens is 435 g/mol. The van der Waals surface area contributed by atoms with Crippen molar-refractivity contribution >= 4 is 16.6 Å². The van der Waals surface area contributed by atoms with Crippen molar-refractivity contribution in [3.05, 3.63) is 78.0 Å². The van der Waals surface area contributed by atoms with Crippen LogP contribution in [0.2, 0.25) is 0 Å². The summed E-state index contributed by atoms with van der Waals surface area (Å²) in [6, 6.07) is 17.8. The first-order valence-electron chi connectivity index (χ1n) is 13.3. The molecule has 3 heterocycles. The number of aromatic nitrogens is 1. The molecule has 4 nitrogen and oxygen atoms in total. The largest absolute Gasteiger partial charge is 0.378 e. The van der Waals surface area contributed by atoms with E-state index in [4.69, 9.17) is 0 Å². The van der Waals surface area contributed by atoms with Gasteiger partial charge in [-0.05, 0) is 62.1 Å². The first kappa shape index (κ1) is 24.1. The van der Waals surface area contributed by atoms with E-state index in [9.17, 15) is 4.39 Å². The quantitative estimate of drug-likeness (QED) is 0.357. The molecule has 2 aliphatic rings. The van der Waals surface area contributed by atoms with E-state index in [1.54, 1.807) is 0 Å². The van der Waals surface area contributed by atoms with Crippen LogP contribution >= 0.6 is 0 Å². The summed E-state index contributed by atoms with van der Waals surface area (Å²) in [5, 5.41) is 4.81. The molecule has 0 unspecified atom stereocenters. The van der Waals surface area contributed by atoms with Gasteiger partial charge in [0.15, 0.2) is 0 Å². The van der Waals surface area contributed by atoms with Crippen LogP contribution in [0.5, 0.6) is 0 Å². The number of nitrogens with one attached hydrogen (secondary N) is 2. The third-order valence-electron chi connectivity index (χ3n) is 7.84. The van der Waals surface area contributed by atoms with Gasteiger partial charge in [-0.3, -0.25) is 9.80 Å². The average molecular weight is 475 g/mol. The fraction of sp³-hybridized carbons (Fsp3) is 0.467. The van der Waals surface area contributed by atoms with E-state index in [0.717, 1.165) is 51.0 Å². The van der Waals surface area contributed by atoms with E-state index in [2.05, 4.69) is 89.1 Å². The summed E-state index contributed by atoms with van der Waals surface area (Å²) >= 11 is 0. The molecule has 0 amide bonds. The molecule has 0 bridgehead atoms. The van der Waals surface area contributed by atoms with E-state index in [1.165, 1.54) is 27.7 Å². The van der Waals surface area contributed by atoms with Crippen LogP contribution in [0.4, 0.5) is 10.1 Å². The molecule has 3 aromatic rings. The number of benzene rings is 2. The number of para-hydroxylation sites is 1. The maximum atomic E-state index is 14.7. The highest BCUT2D eigenvalue weighted by Crippen LogP contribution is 2.41. The standard InChI is InChI=1S/C30H39FN4/c1-4-6-16-34-19-26(31)28(20-34)32-23-14-12-22(13-15-23)30-29-25(18-21(3)35(30)17-7-5-2)24-10-8-9-11-27(24)33-29/h5,8-15,21,26,28,30,32-33H,2,4,6-7,16-20H2,1,3H3/t21-,26-,28-,30-/m1/s1. The minimum Gasteiger partial charge on any atom is -0.378 e. The van der Waals surface area contributed by atoms with Crippen molar-refractivity contribution in [1.82, 2.24) is 14.8 Å². The summed E-state index contributed by atoms with van der Waals surface area (Å²) in [5.41, 5.74) is 6.22. The zero-order valence-electron chi connectivity index (χ0n) is 21.1. The lowest BCUT2D eigenvalue weighted by atomic mass is 9.88. The number of rotatable bonds is 9. The van der Waals surface area contributed by atoms with Gasteiger partial charge in [-0.1, -0.05) is 49.8 Å². The molecule has 2 aliphatic heterocycles. The van der Waals surface area contributed by atoms with Crippen LogP contribution in [0.25, 0.3) is 10.9 Å². The van der Waals surface area contributed by atoms with Crippen LogP contribution in [0.3, 0.4) is 0 Å². The molecule has 186 valence electrons. The molecule has 35 heavy (non-hydrogen) atoms. The first-order chi connectivity index (χ1) is 17.1. The van der Waals surface area contributed by atoms with Gasteiger partial charge in [0.2, 0.25) is 0 Å². The summed E-state index contributed by atoms with van der Waals surface area (Å²) in [6.45, 7) is 11.8. The Morgan fingerprint density at radius 3 is 2.69 bits per heavy atom. The minimum atomic E-state index is -0.825. The molecule has 0 saturated carbocycles. The van der Waals surface area contributed by atoms with E-state index >= 15 is 0 Å². The lowest BCUT2D eigenvalue weighted by Crippen LogP contribution is -2.43. The fourth-order valence-electron chi connectivity index (χ4n) is 5.97. The number of aromatic amines is 1. The number of H-pyrrole nitrogens is 1. The van der Waals surface area contributed by atoms with Gasteiger partial charge in [-0.15, -0.1) is 6.58 Å². The summed E-state index contributed by atoms with van der Waals surface area (Å²) < 4.78 is 14.7. The van der Waals surface area contributed by atoms with Gasteiger partial charge in [-0.2, -0.15) is 0 Å². The molecule has 1 fully saturated rings. The van der Waals surface area contributed by atoms with Crippen LogP contribution in [0, 0.1) is 0 Å². The number of fused-ring (bicyclic) bond motifs is 3. The SMILES string of the molecule is C=CCCN1[C@H](c2ccc(N[C@@H]3CN(CCCC)C[C@H]3F)cc2)c2[nH]c3ccccc3c2C[C@H]1C. The predicted octanol–water partition coefficient (Wildman–Crippen LogP) is 6.31. The molecule has 0 aliphatic carbocycles. The molecule has 2 aromatic carbocycles. The number of hydrogen-bond donors (Lipinski definition) is 2. The number of unbranched alkanes of at least 4 members (excludes halogenated alkanes) is 1. The lowest BCUT2D eigenvalue weighted by molar-refractivity contribution is 0.152. The van der Waals surface area contributed by atoms with Gasteiger partial charge in [0.25, 0.3) is 0 Å². The fourth-order valence-corrected chi connectivity index (χ4v) is 5.97. The Morgan fingerprint density at radius 2 is 1.91 bits per heavy atom. The first-order valence-corrected chi connectivity index (χ1v) is 13.3. The van der Waals surface area contributed by atoms with Crippen molar-refractivity contribution < 1.29 is 4.39 Å². The summed E-state index contributed by atoms with van der Waals surface area (Å²) in [7, 11) is 0. The molecule has 5 heteroatoms. The molecule has 0 spiro atoms. The highest BCUT2D eigenvalue weighted by atomic mass is 19.1. The van der Waals surface area contributed by atoms with Crippen molar-refractivity contribution in [2.75, 3.05) is 31.5 Å². The highest BCUT2D eigenvalue weighted by Gasteiger charge is 2.36. The molecule has 0 radical (unpaired) electrons. The normalized spacial score (nSPS) is 25.1. The van der Waals surface area contributed by atoms with Crippen molar-refractivity contribution in [1.29, 1.82) is 0 Å². The third-order valence-corrected chi connectivity index (χ3v) is 7.84. The molecule has 1 aromatic heterocycles. The van der Waals surface area contributed by atoms with Crippen LogP contribution in [0.15, 0.2) is 61.2 Å². The molecule has 5 rings (SSSR count). The Labute approximate surface area is 209 Å². The van der Waals surface area contributed by atoms with E-state index in [-0.39, 0.29) is 12.1 Å². The number of likely N-dealkylation sites (tertiary alicyclic amines) is 1. The molecule has 2 N–H and O–H groups in total. The number of anilines is 1. The maximum Gasteiger partial charge on any atom is 0.134 e. The number of nitrogens with zero attached hydrogens (tertiary/aromatic N) is 2. The monoisotopic (exact) mass is 474 g/mol. The lowest BCUT2D eigenvalue weighted by Gasteiger charge is -2.41. The van der Waals surface area contributed by atoms with Crippen molar-refractivity contribution in [3.63, 3.8) is 0 Å². The number of hydrogen-bond acceptors (Lipinski definition) is 3. The Bertz CT molecular complexity index is 1140. The van der Waals surface area contributed by atoms with Crippen molar-refractivity contribution in [3.8, 4) is 0 Å². The number of alkyl halides is 1. The Balaban J connectivity index is 1.40. The van der Waals surface area contributed by atoms with Crippen LogP contribution in [0.1, 0.15) is 56.0 Å². The number of halogens is 1. The topological polar surface area (TPSA) is 34.3 Å². The minimum absolute atomic E-state index is 0.142. The Kier molecular flexibility index (Phi) is 7.26.